The molecule has 1 heterocycles. The highest BCUT2D eigenvalue weighted by atomic mass is 15.0. The number of hydrogen-bond acceptors (Lipinski definition) is 2. The predicted molar refractivity (Wildman–Crippen MR) is 56.4 cm³/mol. The van der Waals surface area contributed by atoms with E-state index in [1.54, 1.807) is 12.3 Å². The Morgan fingerprint density at radius 2 is 2.14 bits per heavy atom. The van der Waals surface area contributed by atoms with E-state index >= 15 is 0 Å². The van der Waals surface area contributed by atoms with E-state index in [4.69, 9.17) is 6.57 Å². The molecule has 72 valence electrons. The predicted octanol–water partition coefficient (Wildman–Crippen LogP) is 2.99. The summed E-state index contributed by atoms with van der Waals surface area (Å²) in [5.74, 6) is 0.893. The van der Waals surface area contributed by atoms with Crippen LogP contribution in [0.4, 0.5) is 11.5 Å². The van der Waals surface area contributed by atoms with Crippen molar-refractivity contribution >= 4 is 11.5 Å². The van der Waals surface area contributed by atoms with Crippen molar-refractivity contribution in [3.05, 3.63) is 29.7 Å². The van der Waals surface area contributed by atoms with Crippen molar-refractivity contribution in [1.29, 1.82) is 0 Å². The first-order chi connectivity index (χ1) is 6.88. The van der Waals surface area contributed by atoms with Crippen LogP contribution in [0.15, 0.2) is 18.3 Å². The maximum atomic E-state index is 6.80. The molecule has 0 amide bonds. The van der Waals surface area contributed by atoms with Crippen LogP contribution in [0.25, 0.3) is 4.85 Å². The molecule has 1 aliphatic rings. The zero-order valence-electron chi connectivity index (χ0n) is 8.03. The Kier molecular flexibility index (Phi) is 2.64. The highest BCUT2D eigenvalue weighted by Gasteiger charge is 2.14. The number of nitrogens with one attached hydrogen (secondary N) is 1. The first kappa shape index (κ1) is 9.01. The summed E-state index contributed by atoms with van der Waals surface area (Å²) < 4.78 is 0. The molecule has 2 rings (SSSR count). The van der Waals surface area contributed by atoms with Gasteiger partial charge in [-0.3, -0.25) is 4.98 Å². The van der Waals surface area contributed by atoms with Gasteiger partial charge in [0.2, 0.25) is 5.69 Å². The molecule has 1 fully saturated rings. The first-order valence-electron chi connectivity index (χ1n) is 4.98. The van der Waals surface area contributed by atoms with Crippen LogP contribution < -0.4 is 5.32 Å². The smallest absolute Gasteiger partial charge is 0.205 e. The maximum Gasteiger partial charge on any atom is 0.205 e. The van der Waals surface area contributed by atoms with Gasteiger partial charge in [0, 0.05) is 12.2 Å². The molecule has 1 aliphatic carbocycles. The molecule has 0 spiro atoms. The summed E-state index contributed by atoms with van der Waals surface area (Å²) in [6, 6.07) is 4.27. The van der Waals surface area contributed by atoms with Crippen LogP contribution >= 0.6 is 0 Å². The summed E-state index contributed by atoms with van der Waals surface area (Å²) in [6.07, 6.45) is 6.73. The van der Waals surface area contributed by atoms with E-state index in [0.29, 0.717) is 11.7 Å². The number of pyridine rings is 1. The van der Waals surface area contributed by atoms with E-state index in [2.05, 4.69) is 15.1 Å². The second-order valence-corrected chi connectivity index (χ2v) is 3.64. The average molecular weight is 187 g/mol. The molecule has 14 heavy (non-hydrogen) atoms. The number of nitrogens with zero attached hydrogens (tertiary/aromatic N) is 2. The molecule has 0 radical (unpaired) electrons. The molecular weight excluding hydrogens is 174 g/mol. The van der Waals surface area contributed by atoms with Crippen LogP contribution in [0, 0.1) is 6.57 Å². The van der Waals surface area contributed by atoms with Gasteiger partial charge >= 0.3 is 0 Å². The van der Waals surface area contributed by atoms with Gasteiger partial charge in [-0.15, -0.1) is 0 Å². The van der Waals surface area contributed by atoms with Gasteiger partial charge in [0.25, 0.3) is 0 Å². The lowest BCUT2D eigenvalue weighted by Gasteiger charge is -2.11. The van der Waals surface area contributed by atoms with Crippen LogP contribution in [-0.2, 0) is 0 Å². The van der Waals surface area contributed by atoms with E-state index in [-0.39, 0.29) is 0 Å². The first-order valence-corrected chi connectivity index (χ1v) is 4.98. The molecule has 1 aromatic rings. The summed E-state index contributed by atoms with van der Waals surface area (Å²) in [5.41, 5.74) is 0.599. The molecule has 0 aromatic carbocycles. The Morgan fingerprint density at radius 1 is 1.36 bits per heavy atom. The number of anilines is 1. The number of aromatic nitrogens is 1. The van der Waals surface area contributed by atoms with Crippen LogP contribution in [0.1, 0.15) is 25.7 Å². The fourth-order valence-electron chi connectivity index (χ4n) is 1.82. The summed E-state index contributed by atoms with van der Waals surface area (Å²) in [6.45, 7) is 6.80. The van der Waals surface area contributed by atoms with Gasteiger partial charge in [-0.2, -0.15) is 0 Å². The number of rotatable bonds is 2. The second-order valence-electron chi connectivity index (χ2n) is 3.64. The van der Waals surface area contributed by atoms with E-state index < -0.39 is 0 Å². The van der Waals surface area contributed by atoms with Crippen molar-refractivity contribution in [2.45, 2.75) is 31.7 Å². The SMILES string of the molecule is [C-]#[N+]c1ccc(NC2CCCC2)nc1. The summed E-state index contributed by atoms with van der Waals surface area (Å²) in [5, 5.41) is 3.38. The van der Waals surface area contributed by atoms with Crippen molar-refractivity contribution in [3.63, 3.8) is 0 Å². The van der Waals surface area contributed by atoms with Crippen LogP contribution in [0.3, 0.4) is 0 Å². The lowest BCUT2D eigenvalue weighted by Crippen LogP contribution is -2.15. The second kappa shape index (κ2) is 4.10. The Morgan fingerprint density at radius 3 is 2.71 bits per heavy atom. The largest absolute Gasteiger partial charge is 0.367 e. The highest BCUT2D eigenvalue weighted by molar-refractivity contribution is 5.48. The van der Waals surface area contributed by atoms with Gasteiger partial charge in [0.1, 0.15) is 5.82 Å². The molecule has 3 nitrogen and oxygen atoms in total. The summed E-state index contributed by atoms with van der Waals surface area (Å²) in [7, 11) is 0. The molecule has 1 saturated carbocycles. The van der Waals surface area contributed by atoms with Crippen LogP contribution in [-0.4, -0.2) is 11.0 Å². The normalized spacial score (nSPS) is 16.5. The third-order valence-corrected chi connectivity index (χ3v) is 2.58. The molecule has 0 saturated heterocycles. The fraction of sp³-hybridized carbons (Fsp3) is 0.455. The standard InChI is InChI=1S/C11H13N3/c1-12-10-6-7-11(13-8-10)14-9-4-2-3-5-9/h6-9H,2-5H2,(H,13,14). The van der Waals surface area contributed by atoms with Gasteiger partial charge in [-0.1, -0.05) is 18.9 Å². The molecule has 0 bridgehead atoms. The molecule has 0 atom stereocenters. The molecule has 0 unspecified atom stereocenters. The van der Waals surface area contributed by atoms with E-state index in [1.165, 1.54) is 25.7 Å². The summed E-state index contributed by atoms with van der Waals surface area (Å²) >= 11 is 0. The van der Waals surface area contributed by atoms with Crippen LogP contribution in [0.5, 0.6) is 0 Å². The Labute approximate surface area is 84.0 Å². The Bertz CT molecular complexity index is 331. The third-order valence-electron chi connectivity index (χ3n) is 2.58. The van der Waals surface area contributed by atoms with Crippen LogP contribution in [0.2, 0.25) is 0 Å². The topological polar surface area (TPSA) is 29.3 Å². The third kappa shape index (κ3) is 2.02. The molecular formula is C11H13N3. The minimum atomic E-state index is 0.585. The van der Waals surface area contributed by atoms with Gasteiger partial charge in [-0.05, 0) is 18.9 Å². The van der Waals surface area contributed by atoms with E-state index in [9.17, 15) is 0 Å². The monoisotopic (exact) mass is 187 g/mol. The quantitative estimate of drug-likeness (QED) is 0.721. The molecule has 3 heteroatoms. The zero-order chi connectivity index (χ0) is 9.80. The lowest BCUT2D eigenvalue weighted by atomic mass is 10.2. The van der Waals surface area contributed by atoms with E-state index in [1.807, 2.05) is 6.07 Å². The van der Waals surface area contributed by atoms with Gasteiger partial charge < -0.3 is 5.32 Å². The Hall–Kier alpha value is -1.56. The van der Waals surface area contributed by atoms with Crippen molar-refractivity contribution in [2.24, 2.45) is 0 Å². The van der Waals surface area contributed by atoms with Gasteiger partial charge in [-0.25, -0.2) is 4.85 Å². The van der Waals surface area contributed by atoms with Crippen molar-refractivity contribution in [1.82, 2.24) is 4.98 Å². The Balaban J connectivity index is 1.99. The van der Waals surface area contributed by atoms with Crippen molar-refractivity contribution in [2.75, 3.05) is 5.32 Å². The zero-order valence-corrected chi connectivity index (χ0v) is 8.03. The molecule has 1 N–H and O–H groups in total. The molecule has 0 aliphatic heterocycles. The minimum absolute atomic E-state index is 0.585. The summed E-state index contributed by atoms with van der Waals surface area (Å²) in [4.78, 5) is 7.49. The minimum Gasteiger partial charge on any atom is -0.367 e. The van der Waals surface area contributed by atoms with Crippen molar-refractivity contribution in [3.8, 4) is 0 Å². The molecule has 1 aromatic heterocycles. The fourth-order valence-corrected chi connectivity index (χ4v) is 1.82. The van der Waals surface area contributed by atoms with Crippen molar-refractivity contribution < 1.29 is 0 Å². The average Bonchev–Trinajstić information content (AvgIpc) is 2.72. The maximum absolute atomic E-state index is 6.80. The van der Waals surface area contributed by atoms with Gasteiger partial charge in [0.15, 0.2) is 0 Å². The van der Waals surface area contributed by atoms with E-state index in [0.717, 1.165) is 5.82 Å². The highest BCUT2D eigenvalue weighted by Crippen LogP contribution is 2.22. The van der Waals surface area contributed by atoms with Gasteiger partial charge in [0.05, 0.1) is 6.57 Å². The lowest BCUT2D eigenvalue weighted by molar-refractivity contribution is 0.750. The number of hydrogen-bond donors (Lipinski definition) is 1.